The van der Waals surface area contributed by atoms with Crippen LogP contribution in [0.15, 0.2) is 18.2 Å². The molecule has 2 nitrogen and oxygen atoms in total. The Labute approximate surface area is 129 Å². The van der Waals surface area contributed by atoms with Gasteiger partial charge >= 0.3 is 0 Å². The molecule has 2 unspecified atom stereocenters. The SMILES string of the molecule is Cc1ccc(C(CN)C(O)CCC2CCCCC2)cc1C. The van der Waals surface area contributed by atoms with Gasteiger partial charge in [-0.05, 0) is 49.3 Å². The molecule has 2 atom stereocenters. The molecule has 118 valence electrons. The van der Waals surface area contributed by atoms with Gasteiger partial charge in [0.2, 0.25) is 0 Å². The summed E-state index contributed by atoms with van der Waals surface area (Å²) in [5.41, 5.74) is 9.71. The van der Waals surface area contributed by atoms with Gasteiger partial charge in [0.15, 0.2) is 0 Å². The van der Waals surface area contributed by atoms with Crippen molar-refractivity contribution in [2.75, 3.05) is 6.54 Å². The highest BCUT2D eigenvalue weighted by Crippen LogP contribution is 2.30. The van der Waals surface area contributed by atoms with Gasteiger partial charge in [0.05, 0.1) is 6.10 Å². The molecule has 0 heterocycles. The van der Waals surface area contributed by atoms with Gasteiger partial charge < -0.3 is 10.8 Å². The third kappa shape index (κ3) is 4.55. The Kier molecular flexibility index (Phi) is 6.25. The predicted molar refractivity (Wildman–Crippen MR) is 89.5 cm³/mol. The van der Waals surface area contributed by atoms with Gasteiger partial charge in [0.25, 0.3) is 0 Å². The van der Waals surface area contributed by atoms with Crippen LogP contribution in [0, 0.1) is 19.8 Å². The summed E-state index contributed by atoms with van der Waals surface area (Å²) < 4.78 is 0. The van der Waals surface area contributed by atoms with E-state index in [1.165, 1.54) is 48.8 Å². The minimum Gasteiger partial charge on any atom is -0.392 e. The monoisotopic (exact) mass is 289 g/mol. The molecule has 0 bridgehead atoms. The number of aliphatic hydroxyl groups excluding tert-OH is 1. The van der Waals surface area contributed by atoms with Crippen molar-refractivity contribution in [2.45, 2.75) is 70.8 Å². The van der Waals surface area contributed by atoms with E-state index in [9.17, 15) is 5.11 Å². The molecule has 0 aromatic heterocycles. The normalized spacial score (nSPS) is 19.4. The smallest absolute Gasteiger partial charge is 0.0621 e. The Morgan fingerprint density at radius 1 is 1.14 bits per heavy atom. The molecule has 1 fully saturated rings. The topological polar surface area (TPSA) is 46.2 Å². The second-order valence-electron chi connectivity index (χ2n) is 6.83. The van der Waals surface area contributed by atoms with E-state index in [2.05, 4.69) is 32.0 Å². The van der Waals surface area contributed by atoms with E-state index in [4.69, 9.17) is 5.73 Å². The van der Waals surface area contributed by atoms with Crippen LogP contribution in [0.5, 0.6) is 0 Å². The summed E-state index contributed by atoms with van der Waals surface area (Å²) in [5.74, 6) is 0.902. The van der Waals surface area contributed by atoms with Gasteiger partial charge in [-0.3, -0.25) is 0 Å². The molecule has 0 saturated heterocycles. The number of rotatable bonds is 6. The highest BCUT2D eigenvalue weighted by atomic mass is 16.3. The number of hydrogen-bond acceptors (Lipinski definition) is 2. The fourth-order valence-corrected chi connectivity index (χ4v) is 3.59. The quantitative estimate of drug-likeness (QED) is 0.829. The van der Waals surface area contributed by atoms with Gasteiger partial charge in [0, 0.05) is 12.5 Å². The number of aryl methyl sites for hydroxylation is 2. The summed E-state index contributed by atoms with van der Waals surface area (Å²) in [6, 6.07) is 6.46. The lowest BCUT2D eigenvalue weighted by atomic mass is 9.82. The van der Waals surface area contributed by atoms with Crippen molar-refractivity contribution < 1.29 is 5.11 Å². The first-order valence-electron chi connectivity index (χ1n) is 8.57. The van der Waals surface area contributed by atoms with Crippen LogP contribution in [0.2, 0.25) is 0 Å². The maximum atomic E-state index is 10.6. The summed E-state index contributed by atoms with van der Waals surface area (Å²) >= 11 is 0. The fraction of sp³-hybridized carbons (Fsp3) is 0.684. The predicted octanol–water partition coefficient (Wildman–Crippen LogP) is 4.07. The van der Waals surface area contributed by atoms with Gasteiger partial charge in [0.1, 0.15) is 0 Å². The number of nitrogens with two attached hydrogens (primary N) is 1. The highest BCUT2D eigenvalue weighted by molar-refractivity contribution is 5.32. The maximum absolute atomic E-state index is 10.6. The third-order valence-electron chi connectivity index (χ3n) is 5.27. The molecular weight excluding hydrogens is 258 g/mol. The van der Waals surface area contributed by atoms with Crippen LogP contribution in [0.4, 0.5) is 0 Å². The number of hydrogen-bond donors (Lipinski definition) is 2. The van der Waals surface area contributed by atoms with Gasteiger partial charge in [-0.15, -0.1) is 0 Å². The van der Waals surface area contributed by atoms with Gasteiger partial charge in [-0.2, -0.15) is 0 Å². The lowest BCUT2D eigenvalue weighted by Crippen LogP contribution is -2.26. The van der Waals surface area contributed by atoms with Crippen LogP contribution < -0.4 is 5.73 Å². The van der Waals surface area contributed by atoms with Crippen molar-refractivity contribution in [1.29, 1.82) is 0 Å². The van der Waals surface area contributed by atoms with E-state index in [0.717, 1.165) is 18.8 Å². The number of aliphatic hydroxyl groups is 1. The molecule has 1 saturated carbocycles. The van der Waals surface area contributed by atoms with Crippen LogP contribution in [0.1, 0.15) is 67.6 Å². The summed E-state index contributed by atoms with van der Waals surface area (Å²) in [7, 11) is 0. The minimum absolute atomic E-state index is 0.0768. The molecule has 21 heavy (non-hydrogen) atoms. The second kappa shape index (κ2) is 7.95. The lowest BCUT2D eigenvalue weighted by molar-refractivity contribution is 0.123. The highest BCUT2D eigenvalue weighted by Gasteiger charge is 2.22. The Morgan fingerprint density at radius 2 is 1.86 bits per heavy atom. The van der Waals surface area contributed by atoms with Crippen LogP contribution >= 0.6 is 0 Å². The van der Waals surface area contributed by atoms with Crippen molar-refractivity contribution in [3.05, 3.63) is 34.9 Å². The molecule has 1 aromatic carbocycles. The number of benzene rings is 1. The molecule has 0 aliphatic heterocycles. The third-order valence-corrected chi connectivity index (χ3v) is 5.27. The second-order valence-corrected chi connectivity index (χ2v) is 6.83. The van der Waals surface area contributed by atoms with Gasteiger partial charge in [-0.25, -0.2) is 0 Å². The van der Waals surface area contributed by atoms with Crippen LogP contribution in [0.3, 0.4) is 0 Å². The van der Waals surface area contributed by atoms with E-state index >= 15 is 0 Å². The maximum Gasteiger partial charge on any atom is 0.0621 e. The molecule has 0 spiro atoms. The first kappa shape index (κ1) is 16.5. The van der Waals surface area contributed by atoms with Crippen molar-refractivity contribution in [3.63, 3.8) is 0 Å². The Balaban J connectivity index is 1.93. The minimum atomic E-state index is -0.306. The van der Waals surface area contributed by atoms with Crippen LogP contribution in [-0.2, 0) is 0 Å². The molecule has 1 aromatic rings. The molecule has 2 rings (SSSR count). The molecule has 0 radical (unpaired) electrons. The average molecular weight is 289 g/mol. The summed E-state index contributed by atoms with van der Waals surface area (Å²) in [6.45, 7) is 4.77. The van der Waals surface area contributed by atoms with Crippen LogP contribution in [-0.4, -0.2) is 17.8 Å². The molecule has 1 aliphatic rings. The van der Waals surface area contributed by atoms with E-state index in [-0.39, 0.29) is 12.0 Å². The molecule has 1 aliphatic carbocycles. The Bertz CT molecular complexity index is 437. The molecular formula is C19H31NO. The van der Waals surface area contributed by atoms with Crippen molar-refractivity contribution in [1.82, 2.24) is 0 Å². The first-order valence-corrected chi connectivity index (χ1v) is 8.57. The first-order chi connectivity index (χ1) is 10.1. The molecule has 3 N–H and O–H groups in total. The Hall–Kier alpha value is -0.860. The van der Waals surface area contributed by atoms with Crippen LogP contribution in [0.25, 0.3) is 0 Å². The van der Waals surface area contributed by atoms with E-state index in [1.807, 2.05) is 0 Å². The van der Waals surface area contributed by atoms with Crippen molar-refractivity contribution in [3.8, 4) is 0 Å². The largest absolute Gasteiger partial charge is 0.392 e. The summed E-state index contributed by atoms with van der Waals surface area (Å²) in [4.78, 5) is 0. The van der Waals surface area contributed by atoms with E-state index < -0.39 is 0 Å². The van der Waals surface area contributed by atoms with Crippen molar-refractivity contribution >= 4 is 0 Å². The standard InChI is InChI=1S/C19H31NO/c1-14-8-10-17(12-15(14)2)18(13-20)19(21)11-9-16-6-4-3-5-7-16/h8,10,12,16,18-19,21H,3-7,9,11,13,20H2,1-2H3. The zero-order chi connectivity index (χ0) is 15.2. The zero-order valence-corrected chi connectivity index (χ0v) is 13.6. The molecule has 0 amide bonds. The zero-order valence-electron chi connectivity index (χ0n) is 13.6. The molecule has 2 heteroatoms. The van der Waals surface area contributed by atoms with E-state index in [0.29, 0.717) is 6.54 Å². The average Bonchev–Trinajstić information content (AvgIpc) is 2.50. The fourth-order valence-electron chi connectivity index (χ4n) is 3.59. The van der Waals surface area contributed by atoms with Gasteiger partial charge in [-0.1, -0.05) is 50.3 Å². The lowest BCUT2D eigenvalue weighted by Gasteiger charge is -2.26. The summed E-state index contributed by atoms with van der Waals surface area (Å²) in [6.07, 6.45) is 8.58. The van der Waals surface area contributed by atoms with Crippen molar-refractivity contribution in [2.24, 2.45) is 11.7 Å². The van der Waals surface area contributed by atoms with E-state index in [1.54, 1.807) is 0 Å². The summed E-state index contributed by atoms with van der Waals surface area (Å²) in [5, 5.41) is 10.6. The Morgan fingerprint density at radius 3 is 2.48 bits per heavy atom.